The van der Waals surface area contributed by atoms with Crippen LogP contribution >= 0.6 is 33.9 Å². The first-order chi connectivity index (χ1) is 18.7. The number of ether oxygens (including phenoxy) is 4. The topological polar surface area (TPSA) is 131 Å². The summed E-state index contributed by atoms with van der Waals surface area (Å²) in [7, 11) is 2.62. The summed E-state index contributed by atoms with van der Waals surface area (Å²) in [6, 6.07) is 7.39. The van der Waals surface area contributed by atoms with Crippen LogP contribution in [0.5, 0.6) is 17.2 Å². The highest BCUT2D eigenvalue weighted by atomic mass is 127. The van der Waals surface area contributed by atoms with Crippen molar-refractivity contribution in [1.29, 1.82) is 0 Å². The number of esters is 1. The molecule has 0 amide bonds. The number of carbonyl (C=O) groups is 1. The maximum atomic E-state index is 13.8. The van der Waals surface area contributed by atoms with E-state index >= 15 is 0 Å². The van der Waals surface area contributed by atoms with Gasteiger partial charge in [-0.1, -0.05) is 17.4 Å². The molecule has 0 radical (unpaired) electrons. The number of aromatic nitrogens is 1. The Morgan fingerprint density at radius 3 is 2.54 bits per heavy atom. The Hall–Kier alpha value is -3.72. The van der Waals surface area contributed by atoms with Gasteiger partial charge in [0.2, 0.25) is 5.75 Å². The normalized spacial score (nSPS) is 14.6. The van der Waals surface area contributed by atoms with Crippen molar-refractivity contribution in [3.05, 3.63) is 86.6 Å². The molecule has 0 bridgehead atoms. The van der Waals surface area contributed by atoms with Crippen LogP contribution in [-0.2, 0) is 9.53 Å². The Morgan fingerprint density at radius 2 is 1.90 bits per heavy atom. The van der Waals surface area contributed by atoms with Crippen LogP contribution in [0.1, 0.15) is 31.0 Å². The van der Waals surface area contributed by atoms with Crippen LogP contribution in [0.4, 0.5) is 5.69 Å². The summed E-state index contributed by atoms with van der Waals surface area (Å²) < 4.78 is 23.8. The fourth-order valence-electron chi connectivity index (χ4n) is 4.16. The van der Waals surface area contributed by atoms with Crippen LogP contribution in [0, 0.1) is 13.7 Å². The van der Waals surface area contributed by atoms with Gasteiger partial charge in [-0.25, -0.2) is 9.79 Å². The number of thiazole rings is 1. The molecule has 1 aliphatic heterocycles. The number of nitrogens with zero attached hydrogens (tertiary/aromatic N) is 3. The van der Waals surface area contributed by atoms with E-state index in [1.807, 2.05) is 36.4 Å². The van der Waals surface area contributed by atoms with E-state index in [-0.39, 0.29) is 21.5 Å². The molecule has 0 fully saturated rings. The molecule has 13 heteroatoms. The van der Waals surface area contributed by atoms with Crippen molar-refractivity contribution in [2.75, 3.05) is 27.4 Å². The van der Waals surface area contributed by atoms with E-state index in [0.29, 0.717) is 44.2 Å². The second kappa shape index (κ2) is 12.0. The molecular weight excluding hydrogens is 641 g/mol. The van der Waals surface area contributed by atoms with Crippen molar-refractivity contribution in [1.82, 2.24) is 4.57 Å². The second-order valence-corrected chi connectivity index (χ2v) is 10.2. The van der Waals surface area contributed by atoms with Crippen LogP contribution < -0.4 is 29.1 Å². The van der Waals surface area contributed by atoms with Gasteiger partial charge in [-0.2, -0.15) is 0 Å². The third-order valence-electron chi connectivity index (χ3n) is 5.75. The Kier molecular flexibility index (Phi) is 8.70. The number of benzene rings is 2. The van der Waals surface area contributed by atoms with Gasteiger partial charge in [-0.05, 0) is 71.8 Å². The van der Waals surface area contributed by atoms with Crippen LogP contribution in [0.25, 0.3) is 6.08 Å². The zero-order chi connectivity index (χ0) is 28.3. The maximum Gasteiger partial charge on any atom is 0.337 e. The molecule has 0 saturated carbocycles. The lowest BCUT2D eigenvalue weighted by Crippen LogP contribution is -2.39. The average molecular weight is 665 g/mol. The highest BCUT2D eigenvalue weighted by Gasteiger charge is 2.31. The molecule has 0 N–H and O–H groups in total. The molecule has 0 unspecified atom stereocenters. The third kappa shape index (κ3) is 5.54. The number of hydrogen-bond acceptors (Lipinski definition) is 10. The van der Waals surface area contributed by atoms with E-state index < -0.39 is 22.5 Å². The van der Waals surface area contributed by atoms with Gasteiger partial charge in [-0.15, -0.1) is 0 Å². The number of hydrogen-bond donors (Lipinski definition) is 0. The van der Waals surface area contributed by atoms with E-state index in [9.17, 15) is 19.7 Å². The number of nitro benzene ring substituents is 1. The standard InChI is InChI=1S/C26H24IN3O8S/c1-5-37-19-8-7-15(12-20(19)38-6-2)22-16(25(32)36-4)13-28-26-29(22)24(31)21(39-26)11-14-9-17(27)23(35-3)18(10-14)30(33)34/h7-13,22H,5-6H2,1-4H3/b21-11-/t22-/m1/s1. The van der Waals surface area contributed by atoms with Crippen molar-refractivity contribution in [3.63, 3.8) is 0 Å². The van der Waals surface area contributed by atoms with Crippen molar-refractivity contribution in [3.8, 4) is 17.2 Å². The third-order valence-corrected chi connectivity index (χ3v) is 7.55. The van der Waals surface area contributed by atoms with E-state index in [0.717, 1.165) is 11.3 Å². The molecule has 3 aromatic rings. The second-order valence-electron chi connectivity index (χ2n) is 8.06. The smallest absolute Gasteiger partial charge is 0.337 e. The predicted octanol–water partition coefficient (Wildman–Crippen LogP) is 3.34. The van der Waals surface area contributed by atoms with Crippen LogP contribution in [0.2, 0.25) is 0 Å². The Bertz CT molecular complexity index is 1660. The van der Waals surface area contributed by atoms with Crippen molar-refractivity contribution in [2.45, 2.75) is 19.9 Å². The maximum absolute atomic E-state index is 13.8. The molecule has 1 atom stereocenters. The first-order valence-electron chi connectivity index (χ1n) is 11.7. The monoisotopic (exact) mass is 665 g/mol. The summed E-state index contributed by atoms with van der Waals surface area (Å²) in [5.41, 5.74) is 0.569. The first-order valence-corrected chi connectivity index (χ1v) is 13.6. The average Bonchev–Trinajstić information content (AvgIpc) is 3.23. The quantitative estimate of drug-likeness (QED) is 0.147. The highest BCUT2D eigenvalue weighted by Crippen LogP contribution is 2.35. The molecular formula is C26H24IN3O8S. The van der Waals surface area contributed by atoms with Crippen LogP contribution in [0.3, 0.4) is 0 Å². The summed E-state index contributed by atoms with van der Waals surface area (Å²) in [5, 5.41) is 11.6. The van der Waals surface area contributed by atoms with Gasteiger partial charge in [0.05, 0.1) is 52.1 Å². The lowest BCUT2D eigenvalue weighted by Gasteiger charge is -2.23. The van der Waals surface area contributed by atoms with Crippen molar-refractivity contribution >= 4 is 51.7 Å². The van der Waals surface area contributed by atoms with Gasteiger partial charge < -0.3 is 18.9 Å². The molecule has 0 spiro atoms. The van der Waals surface area contributed by atoms with E-state index in [4.69, 9.17) is 18.9 Å². The lowest BCUT2D eigenvalue weighted by molar-refractivity contribution is -0.385. The molecule has 39 heavy (non-hydrogen) atoms. The van der Waals surface area contributed by atoms with Gasteiger partial charge in [0.1, 0.15) is 0 Å². The molecule has 2 aromatic carbocycles. The van der Waals surface area contributed by atoms with Gasteiger partial charge in [0, 0.05) is 12.3 Å². The summed E-state index contributed by atoms with van der Waals surface area (Å²) in [4.78, 5) is 42.3. The van der Waals surface area contributed by atoms with E-state index in [1.54, 1.807) is 30.3 Å². The van der Waals surface area contributed by atoms with Crippen LogP contribution in [-0.4, -0.2) is 42.9 Å². The Morgan fingerprint density at radius 1 is 1.18 bits per heavy atom. The summed E-state index contributed by atoms with van der Waals surface area (Å²) >= 11 is 3.05. The summed E-state index contributed by atoms with van der Waals surface area (Å²) in [6.45, 7) is 4.53. The zero-order valence-electron chi connectivity index (χ0n) is 21.4. The number of nitro groups is 1. The summed E-state index contributed by atoms with van der Waals surface area (Å²) in [6.07, 6.45) is 2.95. The predicted molar refractivity (Wildman–Crippen MR) is 152 cm³/mol. The van der Waals surface area contributed by atoms with E-state index in [2.05, 4.69) is 4.99 Å². The summed E-state index contributed by atoms with van der Waals surface area (Å²) in [5.74, 6) is 0.517. The molecule has 0 saturated heterocycles. The van der Waals surface area contributed by atoms with Crippen molar-refractivity contribution in [2.24, 2.45) is 4.99 Å². The molecule has 0 aliphatic carbocycles. The van der Waals surface area contributed by atoms with Crippen LogP contribution in [0.15, 0.2) is 51.9 Å². The first kappa shape index (κ1) is 28.3. The SMILES string of the molecule is CCOc1ccc([C@@H]2C(C(=O)OC)=CN=c3s/c(=C\c4cc(I)c(OC)c([N+](=O)[O-])c4)c(=O)n32)cc1OCC. The molecule has 204 valence electrons. The van der Waals surface area contributed by atoms with Gasteiger partial charge in [-0.3, -0.25) is 19.5 Å². The lowest BCUT2D eigenvalue weighted by atomic mass is 9.97. The van der Waals surface area contributed by atoms with Gasteiger partial charge in [0.15, 0.2) is 16.3 Å². The Labute approximate surface area is 240 Å². The molecule has 2 heterocycles. The Balaban J connectivity index is 1.92. The number of carbonyl (C=O) groups excluding carboxylic acids is 1. The molecule has 1 aliphatic rings. The van der Waals surface area contributed by atoms with Crippen molar-refractivity contribution < 1.29 is 28.7 Å². The van der Waals surface area contributed by atoms with Gasteiger partial charge >= 0.3 is 11.7 Å². The molecule has 1 aromatic heterocycles. The molecule has 11 nitrogen and oxygen atoms in total. The number of rotatable bonds is 9. The minimum absolute atomic E-state index is 0.141. The number of halogens is 1. The minimum Gasteiger partial charge on any atom is -0.490 e. The van der Waals surface area contributed by atoms with E-state index in [1.165, 1.54) is 31.1 Å². The number of fused-ring (bicyclic) bond motifs is 1. The highest BCUT2D eigenvalue weighted by molar-refractivity contribution is 14.1. The fraction of sp³-hybridized carbons (Fsp3) is 0.269. The zero-order valence-corrected chi connectivity index (χ0v) is 24.4. The number of methoxy groups -OCH3 is 2. The minimum atomic E-state index is -0.851. The van der Waals surface area contributed by atoms with Gasteiger partial charge in [0.25, 0.3) is 5.56 Å². The molecule has 4 rings (SSSR count). The largest absolute Gasteiger partial charge is 0.490 e. The fourth-order valence-corrected chi connectivity index (χ4v) is 5.98.